The third-order valence-electron chi connectivity index (χ3n) is 6.65. The summed E-state index contributed by atoms with van der Waals surface area (Å²) in [6, 6.07) is 46.4. The first-order valence-corrected chi connectivity index (χ1v) is 12.5. The smallest absolute Gasteiger partial charge is 0.159 e. The minimum atomic E-state index is -0.234. The first kappa shape index (κ1) is 22.7. The van der Waals surface area contributed by atoms with Gasteiger partial charge < -0.3 is 5.32 Å². The van der Waals surface area contributed by atoms with Gasteiger partial charge in [-0.2, -0.15) is 0 Å². The van der Waals surface area contributed by atoms with Crippen LogP contribution < -0.4 is 10.8 Å². The Morgan fingerprint density at radius 3 is 1.51 bits per heavy atom. The molecule has 5 aromatic rings. The van der Waals surface area contributed by atoms with Crippen LogP contribution in [-0.4, -0.2) is 19.5 Å². The average molecular weight is 475 g/mol. The molecule has 1 atom stereocenters. The van der Waals surface area contributed by atoms with Crippen LogP contribution in [0.5, 0.6) is 0 Å². The first-order valence-electron chi connectivity index (χ1n) is 12.5. The van der Waals surface area contributed by atoms with Gasteiger partial charge in [-0.1, -0.05) is 139 Å². The van der Waals surface area contributed by atoms with Gasteiger partial charge in [-0.3, -0.25) is 0 Å². The fraction of sp³-hybridized carbons (Fsp3) is 0.0303. The van der Waals surface area contributed by atoms with Crippen LogP contribution >= 0.6 is 0 Å². The molecule has 0 saturated heterocycles. The molecule has 0 saturated carbocycles. The summed E-state index contributed by atoms with van der Waals surface area (Å²) in [7, 11) is 2.10. The van der Waals surface area contributed by atoms with E-state index >= 15 is 0 Å². The van der Waals surface area contributed by atoms with Gasteiger partial charge in [0.05, 0.1) is 0 Å². The van der Waals surface area contributed by atoms with Crippen LogP contribution in [0.1, 0.15) is 22.9 Å². The van der Waals surface area contributed by atoms with Crippen molar-refractivity contribution in [2.45, 2.75) is 6.17 Å². The molecule has 176 valence electrons. The van der Waals surface area contributed by atoms with Gasteiger partial charge >= 0.3 is 0 Å². The molecule has 0 radical (unpaired) electrons. The lowest BCUT2D eigenvalue weighted by Crippen LogP contribution is -2.33. The molecule has 1 aliphatic heterocycles. The highest BCUT2D eigenvalue weighted by molar-refractivity contribution is 6.32. The zero-order valence-electron chi connectivity index (χ0n) is 20.7. The molecule has 0 aromatic heterocycles. The lowest BCUT2D eigenvalue weighted by molar-refractivity contribution is 0.674. The van der Waals surface area contributed by atoms with E-state index in [1.54, 1.807) is 0 Å². The van der Waals surface area contributed by atoms with Crippen LogP contribution in [0.4, 0.5) is 0 Å². The summed E-state index contributed by atoms with van der Waals surface area (Å²) in [6.07, 6.45) is -0.234. The third-order valence-corrected chi connectivity index (χ3v) is 6.65. The monoisotopic (exact) mass is 475 g/mol. The summed E-state index contributed by atoms with van der Waals surface area (Å²) in [4.78, 5) is 9.99. The van der Waals surface area contributed by atoms with Gasteiger partial charge in [0.25, 0.3) is 0 Å². The predicted octanol–water partition coefficient (Wildman–Crippen LogP) is 5.77. The number of rotatable bonds is 5. The summed E-state index contributed by atoms with van der Waals surface area (Å²) in [5.41, 5.74) is 9.12. The molecular weight excluding hydrogens is 449 g/mol. The summed E-state index contributed by atoms with van der Waals surface area (Å²) in [5.74, 6) is 1.56. The van der Waals surface area contributed by atoms with Crippen molar-refractivity contribution in [3.63, 3.8) is 0 Å². The molecule has 0 spiro atoms. The van der Waals surface area contributed by atoms with Crippen molar-refractivity contribution in [2.24, 2.45) is 9.98 Å². The molecule has 6 rings (SSSR count). The maximum atomic E-state index is 5.04. The van der Waals surface area contributed by atoms with E-state index < -0.39 is 0 Å². The van der Waals surface area contributed by atoms with E-state index in [-0.39, 0.29) is 6.17 Å². The van der Waals surface area contributed by atoms with Crippen LogP contribution in [0.3, 0.4) is 0 Å². The highest BCUT2D eigenvalue weighted by Gasteiger charge is 2.21. The van der Waals surface area contributed by atoms with E-state index in [4.69, 9.17) is 9.98 Å². The Hall–Kier alpha value is -4.70. The molecule has 37 heavy (non-hydrogen) atoms. The Labute approximate surface area is 218 Å². The van der Waals surface area contributed by atoms with E-state index in [1.165, 1.54) is 27.7 Å². The van der Waals surface area contributed by atoms with Gasteiger partial charge in [-0.15, -0.1) is 0 Å². The molecule has 0 amide bonds. The van der Waals surface area contributed by atoms with Crippen LogP contribution in [0.25, 0.3) is 22.3 Å². The Morgan fingerprint density at radius 1 is 0.486 bits per heavy atom. The number of hydrogen-bond acceptors (Lipinski definition) is 3. The Bertz CT molecular complexity index is 1560. The number of amidine groups is 2. The number of nitrogens with zero attached hydrogens (tertiary/aromatic N) is 2. The molecule has 1 unspecified atom stereocenters. The minimum Gasteiger partial charge on any atom is -0.344 e. The number of aliphatic imine (C=N–C) groups is 2. The highest BCUT2D eigenvalue weighted by Crippen LogP contribution is 2.26. The Kier molecular flexibility index (Phi) is 6.22. The van der Waals surface area contributed by atoms with Gasteiger partial charge in [0, 0.05) is 11.1 Å². The molecule has 5 aromatic carbocycles. The standard InChI is InChI=1S/C33H26BN3/c34-30-21-19-29(20-22-30)33-36-31(27-15-11-25(12-16-27)23-7-3-1-4-8-23)35-32(37-33)28-17-13-26(14-18-28)24-9-5-2-6-10-24/h1-22,31H,34H2,(H,35,36,37). The predicted molar refractivity (Wildman–Crippen MR) is 157 cm³/mol. The number of nitrogens with one attached hydrogen (secondary N) is 1. The second-order valence-corrected chi connectivity index (χ2v) is 9.26. The number of hydrogen-bond donors (Lipinski definition) is 1. The van der Waals surface area contributed by atoms with Gasteiger partial charge in [0.15, 0.2) is 5.84 Å². The molecular formula is C33H26BN3. The molecule has 0 aliphatic carbocycles. The van der Waals surface area contributed by atoms with E-state index in [0.29, 0.717) is 0 Å². The molecule has 1 heterocycles. The molecule has 1 N–H and O–H groups in total. The molecule has 0 fully saturated rings. The maximum absolute atomic E-state index is 5.04. The lowest BCUT2D eigenvalue weighted by Gasteiger charge is -2.24. The minimum absolute atomic E-state index is 0.234. The second kappa shape index (κ2) is 10.1. The highest BCUT2D eigenvalue weighted by atomic mass is 15.2. The lowest BCUT2D eigenvalue weighted by atomic mass is 9.95. The Balaban J connectivity index is 1.36. The van der Waals surface area contributed by atoms with Crippen molar-refractivity contribution in [3.05, 3.63) is 150 Å². The van der Waals surface area contributed by atoms with Crippen molar-refractivity contribution in [2.75, 3.05) is 0 Å². The maximum Gasteiger partial charge on any atom is 0.159 e. The fourth-order valence-electron chi connectivity index (χ4n) is 4.54. The molecule has 3 nitrogen and oxygen atoms in total. The molecule has 1 aliphatic rings. The largest absolute Gasteiger partial charge is 0.344 e. The molecule has 4 heteroatoms. The van der Waals surface area contributed by atoms with E-state index in [2.05, 4.69) is 134 Å². The van der Waals surface area contributed by atoms with Crippen molar-refractivity contribution in [3.8, 4) is 22.3 Å². The van der Waals surface area contributed by atoms with Crippen molar-refractivity contribution < 1.29 is 0 Å². The summed E-state index contributed by atoms with van der Waals surface area (Å²) < 4.78 is 0. The van der Waals surface area contributed by atoms with E-state index in [0.717, 1.165) is 28.4 Å². The first-order chi connectivity index (χ1) is 18.2. The summed E-state index contributed by atoms with van der Waals surface area (Å²) in [5, 5.41) is 3.56. The topological polar surface area (TPSA) is 36.8 Å². The van der Waals surface area contributed by atoms with Crippen molar-refractivity contribution >= 4 is 25.0 Å². The van der Waals surface area contributed by atoms with Gasteiger partial charge in [-0.05, 0) is 27.8 Å². The van der Waals surface area contributed by atoms with Crippen molar-refractivity contribution in [1.82, 2.24) is 5.32 Å². The van der Waals surface area contributed by atoms with Crippen LogP contribution in [0, 0.1) is 0 Å². The van der Waals surface area contributed by atoms with Gasteiger partial charge in [-0.25, -0.2) is 9.98 Å². The zero-order valence-corrected chi connectivity index (χ0v) is 20.7. The van der Waals surface area contributed by atoms with Crippen LogP contribution in [0.15, 0.2) is 143 Å². The van der Waals surface area contributed by atoms with Gasteiger partial charge in [0.1, 0.15) is 19.8 Å². The normalized spacial score (nSPS) is 14.9. The Morgan fingerprint density at radius 2 is 0.946 bits per heavy atom. The molecule has 0 bridgehead atoms. The summed E-state index contributed by atoms with van der Waals surface area (Å²) in [6.45, 7) is 0. The van der Waals surface area contributed by atoms with Crippen molar-refractivity contribution in [1.29, 1.82) is 0 Å². The van der Waals surface area contributed by atoms with Crippen LogP contribution in [0.2, 0.25) is 0 Å². The SMILES string of the molecule is Bc1ccc(C2=NC(c3ccc(-c4ccccc4)cc3)=NC(c3ccc(-c4ccccc4)cc3)N2)cc1. The van der Waals surface area contributed by atoms with E-state index in [9.17, 15) is 0 Å². The fourth-order valence-corrected chi connectivity index (χ4v) is 4.54. The quantitative estimate of drug-likeness (QED) is 0.322. The van der Waals surface area contributed by atoms with Gasteiger partial charge in [0.2, 0.25) is 0 Å². The number of benzene rings is 5. The van der Waals surface area contributed by atoms with E-state index in [1.807, 2.05) is 12.1 Å². The third kappa shape index (κ3) is 5.00. The zero-order chi connectivity index (χ0) is 25.0. The summed E-state index contributed by atoms with van der Waals surface area (Å²) >= 11 is 0. The van der Waals surface area contributed by atoms with Crippen LogP contribution in [-0.2, 0) is 0 Å². The average Bonchev–Trinajstić information content (AvgIpc) is 2.98. The second-order valence-electron chi connectivity index (χ2n) is 9.26.